The average molecular weight is 114 g/mol. The van der Waals surface area contributed by atoms with E-state index in [1.165, 1.54) is 6.08 Å². The Bertz CT molecular complexity index is 94.7. The number of rotatable bonds is 3. The van der Waals surface area contributed by atoms with Gasteiger partial charge in [0.15, 0.2) is 5.78 Å². The van der Waals surface area contributed by atoms with E-state index in [1.54, 1.807) is 6.92 Å². The van der Waals surface area contributed by atoms with Crippen molar-refractivity contribution in [2.75, 3.05) is 0 Å². The number of hydrogen-bond acceptors (Lipinski definition) is 2. The van der Waals surface area contributed by atoms with Crippen molar-refractivity contribution >= 4 is 5.78 Å². The van der Waals surface area contributed by atoms with Gasteiger partial charge in [-0.25, -0.2) is 0 Å². The normalized spacial score (nSPS) is 12.8. The van der Waals surface area contributed by atoms with Crippen molar-refractivity contribution in [1.82, 2.24) is 0 Å². The van der Waals surface area contributed by atoms with Crippen molar-refractivity contribution in [1.29, 1.82) is 0 Å². The van der Waals surface area contributed by atoms with Gasteiger partial charge in [-0.3, -0.25) is 4.79 Å². The molecule has 0 bridgehead atoms. The molecule has 2 heteroatoms. The molecule has 1 atom stereocenters. The maximum absolute atomic E-state index is 10.3. The van der Waals surface area contributed by atoms with Crippen LogP contribution in [-0.4, -0.2) is 17.0 Å². The van der Waals surface area contributed by atoms with Gasteiger partial charge in [-0.15, -0.1) is 0 Å². The zero-order valence-electron chi connectivity index (χ0n) is 4.92. The van der Waals surface area contributed by atoms with Gasteiger partial charge in [0, 0.05) is 6.42 Å². The summed E-state index contributed by atoms with van der Waals surface area (Å²) in [5.74, 6) is -0.111. The molecule has 0 aromatic heterocycles. The number of carbonyl (C=O) groups is 1. The smallest absolute Gasteiger partial charge is 0.157 e. The van der Waals surface area contributed by atoms with E-state index in [-0.39, 0.29) is 12.2 Å². The average Bonchev–Trinajstić information content (AvgIpc) is 1.65. The Kier molecular flexibility index (Phi) is 3.12. The zero-order valence-corrected chi connectivity index (χ0v) is 4.92. The quantitative estimate of drug-likeness (QED) is 0.543. The van der Waals surface area contributed by atoms with Crippen LogP contribution >= 0.6 is 0 Å². The first-order valence-corrected chi connectivity index (χ1v) is 2.50. The fraction of sp³-hybridized carbons (Fsp3) is 0.500. The second kappa shape index (κ2) is 3.38. The van der Waals surface area contributed by atoms with Crippen LogP contribution in [0.4, 0.5) is 0 Å². The van der Waals surface area contributed by atoms with Crippen molar-refractivity contribution in [2.45, 2.75) is 19.4 Å². The summed E-state index contributed by atoms with van der Waals surface area (Å²) in [4.78, 5) is 10.3. The Morgan fingerprint density at radius 2 is 2.50 bits per heavy atom. The molecule has 0 amide bonds. The monoisotopic (exact) mass is 114 g/mol. The Labute approximate surface area is 48.8 Å². The van der Waals surface area contributed by atoms with Gasteiger partial charge in [0.05, 0.1) is 6.10 Å². The van der Waals surface area contributed by atoms with Crippen molar-refractivity contribution in [3.8, 4) is 0 Å². The lowest BCUT2D eigenvalue weighted by atomic mass is 10.2. The second-order valence-corrected chi connectivity index (χ2v) is 1.72. The molecule has 0 saturated heterocycles. The zero-order chi connectivity index (χ0) is 6.57. The summed E-state index contributed by atoms with van der Waals surface area (Å²) in [6, 6.07) is 0. The first-order chi connectivity index (χ1) is 3.66. The lowest BCUT2D eigenvalue weighted by Gasteiger charge is -1.96. The Balaban J connectivity index is 3.39. The number of carbonyl (C=O) groups excluding carboxylic acids is 1. The van der Waals surface area contributed by atoms with Gasteiger partial charge < -0.3 is 5.11 Å². The lowest BCUT2D eigenvalue weighted by Crippen LogP contribution is -2.05. The third-order valence-corrected chi connectivity index (χ3v) is 0.724. The van der Waals surface area contributed by atoms with Gasteiger partial charge >= 0.3 is 0 Å². The minimum atomic E-state index is -0.541. The van der Waals surface area contributed by atoms with Crippen LogP contribution in [0.1, 0.15) is 13.3 Å². The SMILES string of the molecule is C=CC(=O)C[C@@H](C)O. The fourth-order valence-electron chi connectivity index (χ4n) is 0.374. The molecule has 2 nitrogen and oxygen atoms in total. The molecule has 0 heterocycles. The number of aliphatic hydroxyl groups is 1. The van der Waals surface area contributed by atoms with Crippen LogP contribution in [0.2, 0.25) is 0 Å². The molecule has 0 aromatic rings. The summed E-state index contributed by atoms with van der Waals surface area (Å²) in [6.07, 6.45) is 0.858. The molecular weight excluding hydrogens is 104 g/mol. The first kappa shape index (κ1) is 7.37. The molecule has 0 aliphatic carbocycles. The molecule has 0 rings (SSSR count). The molecule has 0 saturated carbocycles. The molecule has 46 valence electrons. The van der Waals surface area contributed by atoms with Crippen LogP contribution < -0.4 is 0 Å². The third kappa shape index (κ3) is 3.56. The fourth-order valence-corrected chi connectivity index (χ4v) is 0.374. The number of ketones is 1. The molecule has 8 heavy (non-hydrogen) atoms. The van der Waals surface area contributed by atoms with Crippen LogP contribution in [0.15, 0.2) is 12.7 Å². The van der Waals surface area contributed by atoms with Crippen LogP contribution in [0, 0.1) is 0 Å². The molecule has 0 unspecified atom stereocenters. The van der Waals surface area contributed by atoms with Crippen molar-refractivity contribution in [3.05, 3.63) is 12.7 Å². The van der Waals surface area contributed by atoms with Gasteiger partial charge in [0.25, 0.3) is 0 Å². The highest BCUT2D eigenvalue weighted by atomic mass is 16.3. The van der Waals surface area contributed by atoms with E-state index >= 15 is 0 Å². The van der Waals surface area contributed by atoms with Crippen molar-refractivity contribution in [2.24, 2.45) is 0 Å². The van der Waals surface area contributed by atoms with Crippen LogP contribution in [0.3, 0.4) is 0 Å². The van der Waals surface area contributed by atoms with Crippen LogP contribution in [-0.2, 0) is 4.79 Å². The van der Waals surface area contributed by atoms with E-state index in [0.717, 1.165) is 0 Å². The predicted molar refractivity (Wildman–Crippen MR) is 31.5 cm³/mol. The Hall–Kier alpha value is -0.630. The molecule has 0 aliphatic heterocycles. The number of allylic oxidation sites excluding steroid dienone is 1. The summed E-state index contributed by atoms with van der Waals surface area (Å²) in [7, 11) is 0. The van der Waals surface area contributed by atoms with Gasteiger partial charge in [0.1, 0.15) is 0 Å². The van der Waals surface area contributed by atoms with Crippen molar-refractivity contribution < 1.29 is 9.90 Å². The number of hydrogen-bond donors (Lipinski definition) is 1. The summed E-state index contributed by atoms with van der Waals surface area (Å²) < 4.78 is 0. The van der Waals surface area contributed by atoms with Gasteiger partial charge in [-0.05, 0) is 13.0 Å². The number of aliphatic hydroxyl groups excluding tert-OH is 1. The first-order valence-electron chi connectivity index (χ1n) is 2.50. The molecule has 0 spiro atoms. The molecule has 0 aromatic carbocycles. The second-order valence-electron chi connectivity index (χ2n) is 1.72. The van der Waals surface area contributed by atoms with Crippen LogP contribution in [0.25, 0.3) is 0 Å². The maximum Gasteiger partial charge on any atom is 0.157 e. The largest absolute Gasteiger partial charge is 0.393 e. The summed E-state index contributed by atoms with van der Waals surface area (Å²) in [5, 5.41) is 8.59. The van der Waals surface area contributed by atoms with E-state index in [9.17, 15) is 4.79 Å². The molecule has 0 radical (unpaired) electrons. The topological polar surface area (TPSA) is 37.3 Å². The minimum absolute atomic E-state index is 0.111. The van der Waals surface area contributed by atoms with E-state index in [2.05, 4.69) is 6.58 Å². The van der Waals surface area contributed by atoms with E-state index in [1.807, 2.05) is 0 Å². The minimum Gasteiger partial charge on any atom is -0.393 e. The predicted octanol–water partition coefficient (Wildman–Crippen LogP) is 0.512. The van der Waals surface area contributed by atoms with E-state index < -0.39 is 6.10 Å². The maximum atomic E-state index is 10.3. The van der Waals surface area contributed by atoms with Gasteiger partial charge in [-0.1, -0.05) is 6.58 Å². The molecular formula is C6H10O2. The molecule has 0 fully saturated rings. The Morgan fingerprint density at radius 3 is 2.62 bits per heavy atom. The molecule has 0 aliphatic rings. The van der Waals surface area contributed by atoms with E-state index in [4.69, 9.17) is 5.11 Å². The lowest BCUT2D eigenvalue weighted by molar-refractivity contribution is -0.116. The third-order valence-electron chi connectivity index (χ3n) is 0.724. The summed E-state index contributed by atoms with van der Waals surface area (Å²) in [5.41, 5.74) is 0. The molecule has 1 N–H and O–H groups in total. The van der Waals surface area contributed by atoms with Crippen molar-refractivity contribution in [3.63, 3.8) is 0 Å². The standard InChI is InChI=1S/C6H10O2/c1-3-6(8)4-5(2)7/h3,5,7H,1,4H2,2H3/t5-/m1/s1. The van der Waals surface area contributed by atoms with Gasteiger partial charge in [-0.2, -0.15) is 0 Å². The highest BCUT2D eigenvalue weighted by molar-refractivity contribution is 5.89. The van der Waals surface area contributed by atoms with Gasteiger partial charge in [0.2, 0.25) is 0 Å². The van der Waals surface area contributed by atoms with Crippen LogP contribution in [0.5, 0.6) is 0 Å². The highest BCUT2D eigenvalue weighted by Gasteiger charge is 1.99. The highest BCUT2D eigenvalue weighted by Crippen LogP contribution is 1.90. The Morgan fingerprint density at radius 1 is 2.00 bits per heavy atom. The summed E-state index contributed by atoms with van der Waals surface area (Å²) in [6.45, 7) is 4.82. The van der Waals surface area contributed by atoms with E-state index in [0.29, 0.717) is 0 Å². The summed E-state index contributed by atoms with van der Waals surface area (Å²) >= 11 is 0.